The van der Waals surface area contributed by atoms with Crippen LogP contribution < -0.4 is 14.8 Å². The van der Waals surface area contributed by atoms with Crippen LogP contribution in [0.15, 0.2) is 18.2 Å². The largest absolute Gasteiger partial charge is 0.486 e. The van der Waals surface area contributed by atoms with Gasteiger partial charge in [-0.25, -0.2) is 0 Å². The standard InChI is InChI=1S/C21H28N2O5.ClH/c1-14(23-12-16-3-2-7-21(16,13-23)20(25)26)19(24)22-8-6-15-4-5-17-18(11-15)28-10-9-27-17;/h4-5,11,14,16H,2-3,6-10,12-13H2,1H3,(H,22,24)(H,25,26);1H/t14?,16-,21+;/m0./s1. The van der Waals surface area contributed by atoms with Gasteiger partial charge < -0.3 is 19.9 Å². The van der Waals surface area contributed by atoms with Crippen molar-refractivity contribution in [2.75, 3.05) is 32.8 Å². The zero-order valence-corrected chi connectivity index (χ0v) is 17.5. The van der Waals surface area contributed by atoms with Crippen molar-refractivity contribution >= 4 is 24.3 Å². The van der Waals surface area contributed by atoms with E-state index in [-0.39, 0.29) is 30.3 Å². The lowest BCUT2D eigenvalue weighted by atomic mass is 9.81. The second-order valence-electron chi connectivity index (χ2n) is 8.17. The van der Waals surface area contributed by atoms with Crippen LogP contribution in [-0.2, 0) is 16.0 Å². The lowest BCUT2D eigenvalue weighted by molar-refractivity contribution is -0.149. The summed E-state index contributed by atoms with van der Waals surface area (Å²) in [5.74, 6) is 0.936. The molecule has 1 saturated heterocycles. The van der Waals surface area contributed by atoms with E-state index in [1.165, 1.54) is 0 Å². The number of aliphatic carboxylic acids is 1. The number of nitrogens with one attached hydrogen (secondary N) is 1. The molecule has 3 atom stereocenters. The Balaban J connectivity index is 0.00000240. The van der Waals surface area contributed by atoms with Gasteiger partial charge in [-0.05, 0) is 49.8 Å². The lowest BCUT2D eigenvalue weighted by Crippen LogP contribution is -2.46. The zero-order valence-electron chi connectivity index (χ0n) is 16.7. The average molecular weight is 425 g/mol. The fraction of sp³-hybridized carbons (Fsp3) is 0.619. The number of amides is 1. The van der Waals surface area contributed by atoms with Gasteiger partial charge in [0.05, 0.1) is 11.5 Å². The van der Waals surface area contributed by atoms with Crippen LogP contribution in [0, 0.1) is 11.3 Å². The molecule has 2 N–H and O–H groups in total. The SMILES string of the molecule is CC(C(=O)NCCc1ccc2c(c1)OCCO2)N1C[C@@H]2CCC[C@@]2(C(=O)O)C1.Cl. The van der Waals surface area contributed by atoms with Crippen LogP contribution in [0.25, 0.3) is 0 Å². The van der Waals surface area contributed by atoms with Crippen molar-refractivity contribution in [2.45, 2.75) is 38.6 Å². The number of carbonyl (C=O) groups is 2. The minimum Gasteiger partial charge on any atom is -0.486 e. The van der Waals surface area contributed by atoms with E-state index in [0.29, 0.717) is 39.3 Å². The molecule has 2 aliphatic heterocycles. The van der Waals surface area contributed by atoms with Crippen molar-refractivity contribution in [1.82, 2.24) is 10.2 Å². The molecule has 0 bridgehead atoms. The number of hydrogen-bond acceptors (Lipinski definition) is 5. The number of likely N-dealkylation sites (tertiary alicyclic amines) is 1. The number of halogens is 1. The van der Waals surface area contributed by atoms with Crippen LogP contribution in [-0.4, -0.2) is 60.8 Å². The molecule has 2 fully saturated rings. The molecule has 1 saturated carbocycles. The molecule has 0 radical (unpaired) electrons. The monoisotopic (exact) mass is 424 g/mol. The maximum Gasteiger partial charge on any atom is 0.311 e. The second-order valence-corrected chi connectivity index (χ2v) is 8.17. The molecule has 0 aromatic heterocycles. The summed E-state index contributed by atoms with van der Waals surface area (Å²) >= 11 is 0. The summed E-state index contributed by atoms with van der Waals surface area (Å²) in [5.41, 5.74) is 0.428. The van der Waals surface area contributed by atoms with Crippen LogP contribution in [0.2, 0.25) is 0 Å². The van der Waals surface area contributed by atoms with Gasteiger partial charge in [0.15, 0.2) is 11.5 Å². The van der Waals surface area contributed by atoms with Gasteiger partial charge in [0, 0.05) is 19.6 Å². The van der Waals surface area contributed by atoms with E-state index in [2.05, 4.69) is 5.32 Å². The summed E-state index contributed by atoms with van der Waals surface area (Å²) in [6.07, 6.45) is 3.35. The number of hydrogen-bond donors (Lipinski definition) is 2. The number of carboxylic acid groups (broad SMARTS) is 1. The predicted molar refractivity (Wildman–Crippen MR) is 110 cm³/mol. The highest BCUT2D eigenvalue weighted by molar-refractivity contribution is 5.85. The molecule has 29 heavy (non-hydrogen) atoms. The number of fused-ring (bicyclic) bond motifs is 2. The van der Waals surface area contributed by atoms with Gasteiger partial charge in [-0.3, -0.25) is 14.5 Å². The molecule has 0 spiro atoms. The molecule has 1 unspecified atom stereocenters. The Morgan fingerprint density at radius 1 is 1.31 bits per heavy atom. The number of ether oxygens (including phenoxy) is 2. The summed E-state index contributed by atoms with van der Waals surface area (Å²) in [4.78, 5) is 26.5. The van der Waals surface area contributed by atoms with E-state index in [4.69, 9.17) is 9.47 Å². The summed E-state index contributed by atoms with van der Waals surface area (Å²) in [6.45, 7) is 4.70. The van der Waals surface area contributed by atoms with E-state index in [9.17, 15) is 14.7 Å². The Morgan fingerprint density at radius 2 is 2.07 bits per heavy atom. The van der Waals surface area contributed by atoms with Gasteiger partial charge in [0.1, 0.15) is 13.2 Å². The Bertz CT molecular complexity index is 773. The van der Waals surface area contributed by atoms with Crippen molar-refractivity contribution in [3.05, 3.63) is 23.8 Å². The van der Waals surface area contributed by atoms with Gasteiger partial charge in [0.2, 0.25) is 5.91 Å². The van der Waals surface area contributed by atoms with Crippen molar-refractivity contribution in [2.24, 2.45) is 11.3 Å². The normalized spacial score (nSPS) is 26.3. The van der Waals surface area contributed by atoms with Crippen LogP contribution in [0.4, 0.5) is 0 Å². The highest BCUT2D eigenvalue weighted by atomic mass is 35.5. The van der Waals surface area contributed by atoms with E-state index < -0.39 is 11.4 Å². The molecule has 4 rings (SSSR count). The van der Waals surface area contributed by atoms with Crippen molar-refractivity contribution < 1.29 is 24.2 Å². The topological polar surface area (TPSA) is 88.1 Å². The second kappa shape index (κ2) is 8.79. The van der Waals surface area contributed by atoms with E-state index in [0.717, 1.165) is 36.3 Å². The molecule has 160 valence electrons. The molecule has 1 aliphatic carbocycles. The predicted octanol–water partition coefficient (Wildman–Crippen LogP) is 2.11. The summed E-state index contributed by atoms with van der Waals surface area (Å²) < 4.78 is 11.1. The molecule has 7 nitrogen and oxygen atoms in total. The third-order valence-electron chi connectivity index (χ3n) is 6.57. The van der Waals surface area contributed by atoms with Gasteiger partial charge in [-0.15, -0.1) is 12.4 Å². The van der Waals surface area contributed by atoms with Gasteiger partial charge in [-0.1, -0.05) is 12.5 Å². The minimum atomic E-state index is -0.705. The quantitative estimate of drug-likeness (QED) is 0.727. The molecule has 1 aromatic carbocycles. The van der Waals surface area contributed by atoms with E-state index >= 15 is 0 Å². The lowest BCUT2D eigenvalue weighted by Gasteiger charge is -2.26. The highest BCUT2D eigenvalue weighted by Crippen LogP contribution is 2.49. The molecular formula is C21H29ClN2O5. The Morgan fingerprint density at radius 3 is 2.79 bits per heavy atom. The third-order valence-corrected chi connectivity index (χ3v) is 6.57. The zero-order chi connectivity index (χ0) is 19.7. The van der Waals surface area contributed by atoms with Crippen LogP contribution in [0.1, 0.15) is 31.7 Å². The first-order chi connectivity index (χ1) is 13.5. The van der Waals surface area contributed by atoms with Crippen LogP contribution >= 0.6 is 12.4 Å². The molecule has 2 heterocycles. The van der Waals surface area contributed by atoms with Crippen LogP contribution in [0.5, 0.6) is 11.5 Å². The smallest absolute Gasteiger partial charge is 0.311 e. The number of carbonyl (C=O) groups excluding carboxylic acids is 1. The first-order valence-corrected chi connectivity index (χ1v) is 10.1. The van der Waals surface area contributed by atoms with E-state index in [1.807, 2.05) is 30.0 Å². The maximum absolute atomic E-state index is 12.6. The van der Waals surface area contributed by atoms with Gasteiger partial charge in [0.25, 0.3) is 0 Å². The molecule has 1 amide bonds. The summed E-state index contributed by atoms with van der Waals surface area (Å²) in [5, 5.41) is 12.7. The fourth-order valence-electron chi connectivity index (χ4n) is 4.86. The van der Waals surface area contributed by atoms with Gasteiger partial charge in [-0.2, -0.15) is 0 Å². The molecule has 1 aromatic rings. The number of carboxylic acids is 1. The third kappa shape index (κ3) is 4.16. The van der Waals surface area contributed by atoms with Crippen molar-refractivity contribution in [1.29, 1.82) is 0 Å². The number of benzene rings is 1. The molecule has 3 aliphatic rings. The first kappa shape index (κ1) is 21.7. The minimum absolute atomic E-state index is 0. The fourth-order valence-corrected chi connectivity index (χ4v) is 4.86. The Kier molecular flexibility index (Phi) is 6.58. The van der Waals surface area contributed by atoms with Gasteiger partial charge >= 0.3 is 5.97 Å². The van der Waals surface area contributed by atoms with Crippen LogP contribution in [0.3, 0.4) is 0 Å². The number of nitrogens with zero attached hydrogens (tertiary/aromatic N) is 1. The van der Waals surface area contributed by atoms with Crippen molar-refractivity contribution in [3.63, 3.8) is 0 Å². The van der Waals surface area contributed by atoms with Crippen molar-refractivity contribution in [3.8, 4) is 11.5 Å². The first-order valence-electron chi connectivity index (χ1n) is 10.1. The highest BCUT2D eigenvalue weighted by Gasteiger charge is 2.55. The van der Waals surface area contributed by atoms with E-state index in [1.54, 1.807) is 0 Å². The summed E-state index contributed by atoms with van der Waals surface area (Å²) in [7, 11) is 0. The molecular weight excluding hydrogens is 396 g/mol. The summed E-state index contributed by atoms with van der Waals surface area (Å²) in [6, 6.07) is 5.54. The maximum atomic E-state index is 12.6. The average Bonchev–Trinajstić information content (AvgIpc) is 3.26. The Hall–Kier alpha value is -1.99. The number of rotatable bonds is 6. The Labute approximate surface area is 177 Å². The molecule has 8 heteroatoms.